The molecule has 104 valence electrons. The van der Waals surface area contributed by atoms with Crippen molar-refractivity contribution in [3.63, 3.8) is 0 Å². The van der Waals surface area contributed by atoms with E-state index in [0.29, 0.717) is 6.10 Å². The molecule has 0 N–H and O–H groups in total. The number of hydrogen-bond donors (Lipinski definition) is 0. The highest BCUT2D eigenvalue weighted by Gasteiger charge is 2.57. The largest absolute Gasteiger partial charge is 0.493 e. The van der Waals surface area contributed by atoms with Crippen molar-refractivity contribution in [2.45, 2.75) is 37.3 Å². The molecule has 0 saturated carbocycles. The summed E-state index contributed by atoms with van der Waals surface area (Å²) < 4.78 is 12.0. The predicted molar refractivity (Wildman–Crippen MR) is 76.3 cm³/mol. The highest BCUT2D eigenvalue weighted by Crippen LogP contribution is 2.60. The molecule has 1 aromatic rings. The number of rotatable bonds is 1. The van der Waals surface area contributed by atoms with E-state index in [0.717, 1.165) is 37.4 Å². The Balaban J connectivity index is 1.87. The molecular formula is C17H19NO2. The van der Waals surface area contributed by atoms with Crippen molar-refractivity contribution in [2.75, 3.05) is 20.2 Å². The van der Waals surface area contributed by atoms with Crippen LogP contribution in [0.2, 0.25) is 0 Å². The van der Waals surface area contributed by atoms with Crippen molar-refractivity contribution in [1.82, 2.24) is 4.90 Å². The first-order chi connectivity index (χ1) is 9.83. The molecule has 1 saturated heterocycles. The summed E-state index contributed by atoms with van der Waals surface area (Å²) in [4.78, 5) is 2.58. The quantitative estimate of drug-likeness (QED) is 0.732. The average Bonchev–Trinajstić information content (AvgIpc) is 2.63. The topological polar surface area (TPSA) is 21.7 Å². The van der Waals surface area contributed by atoms with Gasteiger partial charge in [0.05, 0.1) is 12.5 Å². The van der Waals surface area contributed by atoms with Gasteiger partial charge in [0.25, 0.3) is 0 Å². The number of benzene rings is 1. The summed E-state index contributed by atoms with van der Waals surface area (Å²) in [5, 5.41) is 0. The third-order valence-corrected chi connectivity index (χ3v) is 5.69. The van der Waals surface area contributed by atoms with E-state index in [1.54, 1.807) is 12.7 Å². The fourth-order valence-corrected chi connectivity index (χ4v) is 4.85. The van der Waals surface area contributed by atoms with Crippen LogP contribution in [0.25, 0.3) is 0 Å². The van der Waals surface area contributed by atoms with Crippen molar-refractivity contribution in [3.8, 4) is 11.5 Å². The SMILES string of the molecule is COc1ccc2c3c1O[C@H]1CCC=C4CN(CC[C@]431)C2. The normalized spacial score (nSPS) is 36.0. The van der Waals surface area contributed by atoms with Crippen LogP contribution in [0, 0.1) is 0 Å². The molecule has 0 radical (unpaired) electrons. The summed E-state index contributed by atoms with van der Waals surface area (Å²) in [6.45, 7) is 3.37. The van der Waals surface area contributed by atoms with Crippen molar-refractivity contribution in [1.29, 1.82) is 0 Å². The number of ether oxygens (including phenoxy) is 2. The van der Waals surface area contributed by atoms with Crippen LogP contribution in [0.3, 0.4) is 0 Å². The Bertz CT molecular complexity index is 636. The van der Waals surface area contributed by atoms with Gasteiger partial charge >= 0.3 is 0 Å². The van der Waals surface area contributed by atoms with Gasteiger partial charge in [-0.05, 0) is 36.5 Å². The van der Waals surface area contributed by atoms with Gasteiger partial charge in [-0.3, -0.25) is 4.90 Å². The van der Waals surface area contributed by atoms with Gasteiger partial charge in [-0.2, -0.15) is 0 Å². The summed E-state index contributed by atoms with van der Waals surface area (Å²) >= 11 is 0. The second-order valence-electron chi connectivity index (χ2n) is 6.48. The molecule has 3 nitrogen and oxygen atoms in total. The minimum atomic E-state index is 0.157. The Morgan fingerprint density at radius 1 is 1.35 bits per heavy atom. The fraction of sp³-hybridized carbons (Fsp3) is 0.529. The van der Waals surface area contributed by atoms with Crippen LogP contribution in [-0.2, 0) is 12.0 Å². The molecule has 1 fully saturated rings. The minimum Gasteiger partial charge on any atom is -0.493 e. The Kier molecular flexibility index (Phi) is 2.01. The zero-order valence-electron chi connectivity index (χ0n) is 11.8. The molecule has 1 aromatic carbocycles. The second kappa shape index (κ2) is 3.59. The standard InChI is InChI=1S/C17H19NO2/c1-19-13-6-5-11-9-18-8-7-17-12(10-18)3-2-4-14(17)20-16(13)15(11)17/h3,5-6,14H,2,4,7-10H2,1H3/t14-,17+/m0/s1. The van der Waals surface area contributed by atoms with Crippen LogP contribution in [-0.4, -0.2) is 31.2 Å². The summed E-state index contributed by atoms with van der Waals surface area (Å²) in [6, 6.07) is 4.33. The molecule has 3 atom stereocenters. The maximum Gasteiger partial charge on any atom is 0.166 e. The molecule has 20 heavy (non-hydrogen) atoms. The second-order valence-corrected chi connectivity index (χ2v) is 6.48. The average molecular weight is 269 g/mol. The molecular weight excluding hydrogens is 250 g/mol. The molecule has 4 aliphatic heterocycles. The summed E-state index contributed by atoms with van der Waals surface area (Å²) in [5.41, 5.74) is 4.66. The van der Waals surface area contributed by atoms with Crippen LogP contribution in [0.15, 0.2) is 23.8 Å². The van der Waals surface area contributed by atoms with E-state index < -0.39 is 0 Å². The molecule has 1 spiro atoms. The van der Waals surface area contributed by atoms with E-state index in [1.165, 1.54) is 24.1 Å². The lowest BCUT2D eigenvalue weighted by molar-refractivity contribution is 0.106. The number of hydrogen-bond acceptors (Lipinski definition) is 3. The molecule has 5 aliphatic rings. The number of fused-ring (bicyclic) bond motifs is 1. The van der Waals surface area contributed by atoms with Crippen LogP contribution >= 0.6 is 0 Å². The van der Waals surface area contributed by atoms with E-state index in [1.807, 2.05) is 0 Å². The lowest BCUT2D eigenvalue weighted by Gasteiger charge is -2.44. The van der Waals surface area contributed by atoms with Crippen molar-refractivity contribution >= 4 is 0 Å². The molecule has 1 unspecified atom stereocenters. The van der Waals surface area contributed by atoms with Gasteiger partial charge in [-0.15, -0.1) is 0 Å². The van der Waals surface area contributed by atoms with E-state index in [9.17, 15) is 0 Å². The van der Waals surface area contributed by atoms with Gasteiger partial charge in [0.1, 0.15) is 6.10 Å². The third kappa shape index (κ3) is 1.12. The molecule has 6 rings (SSSR count). The lowest BCUT2D eigenvalue weighted by atomic mass is 9.63. The van der Waals surface area contributed by atoms with E-state index >= 15 is 0 Å². The zero-order chi connectivity index (χ0) is 13.3. The van der Waals surface area contributed by atoms with Gasteiger partial charge in [0.2, 0.25) is 0 Å². The van der Waals surface area contributed by atoms with E-state index in [2.05, 4.69) is 23.1 Å². The number of allylic oxidation sites excluding steroid dienone is 1. The Labute approximate surface area is 119 Å². The van der Waals surface area contributed by atoms with Gasteiger partial charge in [0, 0.05) is 25.2 Å². The van der Waals surface area contributed by atoms with Crippen molar-refractivity contribution in [3.05, 3.63) is 34.9 Å². The first-order valence-corrected chi connectivity index (χ1v) is 7.62. The van der Waals surface area contributed by atoms with Gasteiger partial charge in [-0.25, -0.2) is 0 Å². The van der Waals surface area contributed by atoms with Crippen LogP contribution < -0.4 is 9.47 Å². The Morgan fingerprint density at radius 3 is 3.20 bits per heavy atom. The van der Waals surface area contributed by atoms with Crippen molar-refractivity contribution < 1.29 is 9.47 Å². The third-order valence-electron chi connectivity index (χ3n) is 5.69. The predicted octanol–water partition coefficient (Wildman–Crippen LogP) is 2.63. The molecule has 0 aromatic heterocycles. The summed E-state index contributed by atoms with van der Waals surface area (Å²) in [7, 11) is 1.75. The van der Waals surface area contributed by atoms with Crippen LogP contribution in [0.1, 0.15) is 30.4 Å². The molecule has 3 heteroatoms. The Morgan fingerprint density at radius 2 is 2.30 bits per heavy atom. The first-order valence-electron chi connectivity index (χ1n) is 7.62. The maximum absolute atomic E-state index is 6.41. The first kappa shape index (κ1) is 11.2. The smallest absolute Gasteiger partial charge is 0.166 e. The van der Waals surface area contributed by atoms with Gasteiger partial charge < -0.3 is 9.47 Å². The highest BCUT2D eigenvalue weighted by atomic mass is 16.5. The minimum absolute atomic E-state index is 0.157. The summed E-state index contributed by atoms with van der Waals surface area (Å²) in [6.07, 6.45) is 6.31. The number of piperidine rings is 1. The van der Waals surface area contributed by atoms with Crippen LogP contribution in [0.5, 0.6) is 11.5 Å². The number of methoxy groups -OCH3 is 1. The lowest BCUT2D eigenvalue weighted by Crippen LogP contribution is -2.49. The van der Waals surface area contributed by atoms with E-state index in [4.69, 9.17) is 9.47 Å². The van der Waals surface area contributed by atoms with E-state index in [-0.39, 0.29) is 5.41 Å². The molecule has 4 heterocycles. The summed E-state index contributed by atoms with van der Waals surface area (Å²) in [5.74, 6) is 1.94. The number of nitrogens with zero attached hydrogens (tertiary/aromatic N) is 1. The van der Waals surface area contributed by atoms with Crippen molar-refractivity contribution in [2.24, 2.45) is 0 Å². The molecule has 2 bridgehead atoms. The fourth-order valence-electron chi connectivity index (χ4n) is 4.85. The van der Waals surface area contributed by atoms with Crippen LogP contribution in [0.4, 0.5) is 0 Å². The monoisotopic (exact) mass is 269 g/mol. The molecule has 0 amide bonds. The highest BCUT2D eigenvalue weighted by molar-refractivity contribution is 5.63. The Hall–Kier alpha value is -1.48. The van der Waals surface area contributed by atoms with Gasteiger partial charge in [-0.1, -0.05) is 12.1 Å². The zero-order valence-corrected chi connectivity index (χ0v) is 11.8. The molecule has 1 aliphatic carbocycles. The maximum atomic E-state index is 6.41. The van der Waals surface area contributed by atoms with Gasteiger partial charge in [0.15, 0.2) is 11.5 Å².